The number of ether oxygens (including phenoxy) is 2. The molecule has 2 aliphatic rings. The first-order valence-corrected chi connectivity index (χ1v) is 15.6. The zero-order valence-corrected chi connectivity index (χ0v) is 27.0. The lowest BCUT2D eigenvalue weighted by atomic mass is 9.91. The van der Waals surface area contributed by atoms with Gasteiger partial charge in [-0.15, -0.1) is 0 Å². The van der Waals surface area contributed by atoms with Crippen molar-refractivity contribution in [1.82, 2.24) is 0 Å². The van der Waals surface area contributed by atoms with E-state index in [2.05, 4.69) is 84.3 Å². The highest BCUT2D eigenvalue weighted by atomic mass is 16.5. The topological polar surface area (TPSA) is 62.3 Å². The smallest absolute Gasteiger partial charge is 0.340 e. The monoisotopic (exact) mass is 613 g/mol. The van der Waals surface area contributed by atoms with Gasteiger partial charge in [0.05, 0.1) is 36.4 Å². The van der Waals surface area contributed by atoms with Gasteiger partial charge in [0.1, 0.15) is 5.57 Å². The van der Waals surface area contributed by atoms with Gasteiger partial charge in [0.2, 0.25) is 0 Å². The lowest BCUT2D eigenvalue weighted by Gasteiger charge is -2.46. The third-order valence-electron chi connectivity index (χ3n) is 8.75. The van der Waals surface area contributed by atoms with Crippen molar-refractivity contribution in [3.05, 3.63) is 148 Å². The molecular formula is C39H39N3O4. The van der Waals surface area contributed by atoms with Gasteiger partial charge in [0.25, 0.3) is 0 Å². The Bertz CT molecular complexity index is 1740. The van der Waals surface area contributed by atoms with Crippen molar-refractivity contribution in [1.29, 1.82) is 0 Å². The molecule has 0 fully saturated rings. The molecule has 46 heavy (non-hydrogen) atoms. The molecule has 7 heteroatoms. The zero-order chi connectivity index (χ0) is 32.4. The van der Waals surface area contributed by atoms with Crippen LogP contribution in [-0.2, 0) is 32.2 Å². The largest absolute Gasteiger partial charge is 0.466 e. The molecule has 0 radical (unpaired) electrons. The molecule has 0 atom stereocenters. The van der Waals surface area contributed by atoms with Crippen LogP contribution in [0.1, 0.15) is 36.1 Å². The molecule has 0 amide bonds. The van der Waals surface area contributed by atoms with Crippen molar-refractivity contribution in [2.24, 2.45) is 0 Å². The molecule has 0 N–H and O–H groups in total. The Morgan fingerprint density at radius 1 is 0.717 bits per heavy atom. The summed E-state index contributed by atoms with van der Waals surface area (Å²) in [7, 11) is 1.39. The van der Waals surface area contributed by atoms with Gasteiger partial charge in [-0.25, -0.2) is 9.59 Å². The fourth-order valence-electron chi connectivity index (χ4n) is 6.58. The van der Waals surface area contributed by atoms with E-state index in [-0.39, 0.29) is 6.61 Å². The van der Waals surface area contributed by atoms with E-state index in [9.17, 15) is 9.59 Å². The number of rotatable bonds is 8. The average Bonchev–Trinajstić information content (AvgIpc) is 3.56. The number of para-hydroxylation sites is 3. The normalized spacial score (nSPS) is 15.9. The van der Waals surface area contributed by atoms with Gasteiger partial charge in [-0.05, 0) is 63.1 Å². The minimum absolute atomic E-state index is 0.204. The van der Waals surface area contributed by atoms with Crippen molar-refractivity contribution >= 4 is 29.0 Å². The molecule has 0 unspecified atom stereocenters. The molecule has 0 bridgehead atoms. The highest BCUT2D eigenvalue weighted by molar-refractivity contribution is 6.04. The zero-order valence-electron chi connectivity index (χ0n) is 27.0. The maximum Gasteiger partial charge on any atom is 0.340 e. The molecule has 234 valence electrons. The molecule has 0 aliphatic carbocycles. The minimum Gasteiger partial charge on any atom is -0.466 e. The number of anilines is 3. The average molecular weight is 614 g/mol. The molecule has 2 heterocycles. The van der Waals surface area contributed by atoms with Gasteiger partial charge in [0, 0.05) is 25.0 Å². The van der Waals surface area contributed by atoms with E-state index in [0.717, 1.165) is 39.3 Å². The Labute approximate surface area is 271 Å². The van der Waals surface area contributed by atoms with Crippen molar-refractivity contribution in [3.8, 4) is 0 Å². The van der Waals surface area contributed by atoms with Gasteiger partial charge in [-0.3, -0.25) is 0 Å². The van der Waals surface area contributed by atoms with Crippen LogP contribution in [0.2, 0.25) is 0 Å². The Morgan fingerprint density at radius 3 is 1.70 bits per heavy atom. The number of benzene rings is 4. The van der Waals surface area contributed by atoms with Crippen LogP contribution in [-0.4, -0.2) is 31.3 Å². The number of carbonyl (C=O) groups is 2. The second-order valence-electron chi connectivity index (χ2n) is 11.7. The predicted octanol–water partition coefficient (Wildman–Crippen LogP) is 7.44. The Kier molecular flexibility index (Phi) is 8.41. The van der Waals surface area contributed by atoms with Crippen LogP contribution < -0.4 is 14.7 Å². The number of methoxy groups -OCH3 is 1. The van der Waals surface area contributed by atoms with Crippen LogP contribution in [0.25, 0.3) is 0 Å². The summed E-state index contributed by atoms with van der Waals surface area (Å²) in [6.07, 6.45) is 1.84. The quantitative estimate of drug-likeness (QED) is 0.151. The van der Waals surface area contributed by atoms with Crippen LogP contribution in [0.3, 0.4) is 0 Å². The lowest BCUT2D eigenvalue weighted by molar-refractivity contribution is -0.139. The fraction of sp³-hybridized carbons (Fsp3) is 0.231. The Balaban J connectivity index is 1.70. The van der Waals surface area contributed by atoms with Gasteiger partial charge in [-0.1, -0.05) is 90.0 Å². The van der Waals surface area contributed by atoms with Gasteiger partial charge >= 0.3 is 11.9 Å². The molecule has 4 aromatic carbocycles. The van der Waals surface area contributed by atoms with Gasteiger partial charge < -0.3 is 24.2 Å². The van der Waals surface area contributed by atoms with E-state index < -0.39 is 17.6 Å². The van der Waals surface area contributed by atoms with E-state index in [1.54, 1.807) is 6.92 Å². The predicted molar refractivity (Wildman–Crippen MR) is 182 cm³/mol. The minimum atomic E-state index is -1.28. The Hall–Kier alpha value is -5.30. The summed E-state index contributed by atoms with van der Waals surface area (Å²) in [6, 6.07) is 34.8. The van der Waals surface area contributed by atoms with Crippen molar-refractivity contribution < 1.29 is 19.1 Å². The van der Waals surface area contributed by atoms with E-state index in [1.807, 2.05) is 60.5 Å². The number of hydrogen-bond acceptors (Lipinski definition) is 7. The molecule has 1 spiro atoms. The lowest BCUT2D eigenvalue weighted by Crippen LogP contribution is -2.61. The molecule has 0 saturated heterocycles. The second kappa shape index (κ2) is 12.6. The second-order valence-corrected chi connectivity index (χ2v) is 11.7. The van der Waals surface area contributed by atoms with Crippen molar-refractivity contribution in [2.75, 3.05) is 28.4 Å². The summed E-state index contributed by atoms with van der Waals surface area (Å²) in [5.41, 5.74) is 7.26. The van der Waals surface area contributed by atoms with E-state index in [1.165, 1.54) is 7.11 Å². The third kappa shape index (κ3) is 5.21. The van der Waals surface area contributed by atoms with E-state index in [4.69, 9.17) is 9.47 Å². The third-order valence-corrected chi connectivity index (χ3v) is 8.75. The van der Waals surface area contributed by atoms with E-state index >= 15 is 0 Å². The van der Waals surface area contributed by atoms with E-state index in [0.29, 0.717) is 29.9 Å². The maximum absolute atomic E-state index is 14.3. The van der Waals surface area contributed by atoms with Crippen LogP contribution in [0.15, 0.2) is 126 Å². The fourth-order valence-corrected chi connectivity index (χ4v) is 6.58. The number of esters is 2. The van der Waals surface area contributed by atoms with Crippen molar-refractivity contribution in [3.63, 3.8) is 0 Å². The van der Waals surface area contributed by atoms with Crippen LogP contribution >= 0.6 is 0 Å². The highest BCUT2D eigenvalue weighted by Gasteiger charge is 2.62. The first-order valence-electron chi connectivity index (χ1n) is 15.6. The SMILES string of the molecule is CCOC(=O)C1=CN(c2ccccc2)/C(=C(\C)C(=O)OC)C12N(Cc1ccc(C)cc1)c1ccccc1N2Cc1ccc(C)cc1. The number of carbonyl (C=O) groups excluding carboxylic acids is 2. The number of fused-ring (bicyclic) bond motifs is 1. The standard InChI is InChI=1S/C39H39N3O4/c1-6-46-38(44)33-26-40(32-12-8-7-9-13-32)36(29(4)37(43)45-5)39(33)41(24-30-20-16-27(2)17-21-30)34-14-10-11-15-35(34)42(39)25-31-22-18-28(3)19-23-31/h7-23,26H,6,24-25H2,1-5H3/b36-29+. The Morgan fingerprint density at radius 2 is 1.22 bits per heavy atom. The first-order chi connectivity index (χ1) is 22.3. The van der Waals surface area contributed by atoms with Crippen LogP contribution in [0.5, 0.6) is 0 Å². The number of aryl methyl sites for hydroxylation is 2. The number of nitrogens with zero attached hydrogens (tertiary/aromatic N) is 3. The highest BCUT2D eigenvalue weighted by Crippen LogP contribution is 2.57. The maximum atomic E-state index is 14.3. The van der Waals surface area contributed by atoms with Crippen LogP contribution in [0.4, 0.5) is 17.1 Å². The molecule has 0 aromatic heterocycles. The number of hydrogen-bond donors (Lipinski definition) is 0. The molecular weight excluding hydrogens is 574 g/mol. The summed E-state index contributed by atoms with van der Waals surface area (Å²) < 4.78 is 11.2. The summed E-state index contributed by atoms with van der Waals surface area (Å²) in [5, 5.41) is 0. The molecule has 7 nitrogen and oxygen atoms in total. The summed E-state index contributed by atoms with van der Waals surface area (Å²) in [5.74, 6) is -0.929. The molecule has 6 rings (SSSR count). The van der Waals surface area contributed by atoms with Crippen LogP contribution in [0, 0.1) is 13.8 Å². The molecule has 4 aromatic rings. The summed E-state index contributed by atoms with van der Waals surface area (Å²) in [6.45, 7) is 8.83. The molecule has 0 saturated carbocycles. The molecule has 2 aliphatic heterocycles. The summed E-state index contributed by atoms with van der Waals surface area (Å²) >= 11 is 0. The first kappa shape index (κ1) is 30.7. The summed E-state index contributed by atoms with van der Waals surface area (Å²) in [4.78, 5) is 34.4. The van der Waals surface area contributed by atoms with Crippen molar-refractivity contribution in [2.45, 2.75) is 46.4 Å². The van der Waals surface area contributed by atoms with Gasteiger partial charge in [-0.2, -0.15) is 0 Å². The van der Waals surface area contributed by atoms with Gasteiger partial charge in [0.15, 0.2) is 5.66 Å².